The van der Waals surface area contributed by atoms with Crippen LogP contribution in [0, 0.1) is 5.92 Å². The van der Waals surface area contributed by atoms with Crippen molar-refractivity contribution in [3.05, 3.63) is 0 Å². The Morgan fingerprint density at radius 1 is 1.37 bits per heavy atom. The van der Waals surface area contributed by atoms with E-state index in [9.17, 15) is 9.59 Å². The predicted octanol–water partition coefficient (Wildman–Crippen LogP) is 0.927. The first-order valence-corrected chi connectivity index (χ1v) is 7.23. The number of amides is 2. The van der Waals surface area contributed by atoms with Gasteiger partial charge in [0.2, 0.25) is 11.8 Å². The number of ether oxygens (including phenoxy) is 1. The zero-order valence-corrected chi connectivity index (χ0v) is 12.0. The molecule has 0 bridgehead atoms. The number of carbonyl (C=O) groups is 2. The van der Waals surface area contributed by atoms with Crippen molar-refractivity contribution in [2.24, 2.45) is 5.92 Å². The summed E-state index contributed by atoms with van der Waals surface area (Å²) in [6.07, 6.45) is 3.29. The molecule has 108 valence electrons. The van der Waals surface area contributed by atoms with Gasteiger partial charge in [0.1, 0.15) is 12.1 Å². The average Bonchev–Trinajstić information content (AvgIpc) is 2.40. The van der Waals surface area contributed by atoms with E-state index in [1.54, 1.807) is 11.8 Å². The summed E-state index contributed by atoms with van der Waals surface area (Å²) in [4.78, 5) is 26.1. The van der Waals surface area contributed by atoms with Crippen molar-refractivity contribution < 1.29 is 14.3 Å². The van der Waals surface area contributed by atoms with Crippen molar-refractivity contribution in [2.45, 2.75) is 58.2 Å². The summed E-state index contributed by atoms with van der Waals surface area (Å²) < 4.78 is 5.68. The minimum absolute atomic E-state index is 0.0243. The van der Waals surface area contributed by atoms with E-state index < -0.39 is 12.1 Å². The van der Waals surface area contributed by atoms with E-state index in [0.717, 1.165) is 25.9 Å². The van der Waals surface area contributed by atoms with E-state index >= 15 is 0 Å². The molecule has 2 amide bonds. The highest BCUT2D eigenvalue weighted by Crippen LogP contribution is 2.19. The lowest BCUT2D eigenvalue weighted by atomic mass is 9.97. The Bertz CT molecular complexity index is 351. The van der Waals surface area contributed by atoms with Gasteiger partial charge in [0, 0.05) is 13.2 Å². The monoisotopic (exact) mass is 268 g/mol. The third-order valence-corrected chi connectivity index (χ3v) is 4.03. The molecule has 0 aliphatic carbocycles. The van der Waals surface area contributed by atoms with Gasteiger partial charge in [0.05, 0.1) is 6.10 Å². The van der Waals surface area contributed by atoms with E-state index in [4.69, 9.17) is 4.74 Å². The van der Waals surface area contributed by atoms with Crippen LogP contribution in [0.3, 0.4) is 0 Å². The van der Waals surface area contributed by atoms with Crippen molar-refractivity contribution >= 4 is 11.8 Å². The van der Waals surface area contributed by atoms with Crippen molar-refractivity contribution in [3.8, 4) is 0 Å². The SMILES string of the molecule is CC(C)C1NC(=O)C(C)N(CC2CCCCO2)C1=O. The number of hydrogen-bond donors (Lipinski definition) is 1. The number of carbonyl (C=O) groups excluding carboxylic acids is 2. The van der Waals surface area contributed by atoms with Crippen LogP contribution in [0.15, 0.2) is 0 Å². The molecule has 5 nitrogen and oxygen atoms in total. The van der Waals surface area contributed by atoms with Gasteiger partial charge in [-0.05, 0) is 32.1 Å². The van der Waals surface area contributed by atoms with Crippen LogP contribution in [-0.2, 0) is 14.3 Å². The van der Waals surface area contributed by atoms with Crippen LogP contribution >= 0.6 is 0 Å². The molecule has 0 aromatic rings. The van der Waals surface area contributed by atoms with Crippen molar-refractivity contribution in [1.82, 2.24) is 10.2 Å². The summed E-state index contributed by atoms with van der Waals surface area (Å²) in [5, 5.41) is 2.81. The number of piperazine rings is 1. The first-order chi connectivity index (χ1) is 9.00. The Kier molecular flexibility index (Phi) is 4.45. The first-order valence-electron chi connectivity index (χ1n) is 7.23. The van der Waals surface area contributed by atoms with Crippen LogP contribution in [0.2, 0.25) is 0 Å². The molecule has 3 unspecified atom stereocenters. The Balaban J connectivity index is 2.06. The first kappa shape index (κ1) is 14.3. The maximum atomic E-state index is 12.5. The molecule has 19 heavy (non-hydrogen) atoms. The van der Waals surface area contributed by atoms with Gasteiger partial charge in [-0.1, -0.05) is 13.8 Å². The fourth-order valence-electron chi connectivity index (χ4n) is 2.72. The highest BCUT2D eigenvalue weighted by atomic mass is 16.5. The lowest BCUT2D eigenvalue weighted by Gasteiger charge is -2.40. The molecule has 2 aliphatic rings. The van der Waals surface area contributed by atoms with Crippen LogP contribution in [0.1, 0.15) is 40.0 Å². The van der Waals surface area contributed by atoms with Crippen molar-refractivity contribution in [2.75, 3.05) is 13.2 Å². The summed E-state index contributed by atoms with van der Waals surface area (Å²) >= 11 is 0. The van der Waals surface area contributed by atoms with Crippen LogP contribution < -0.4 is 5.32 Å². The molecule has 2 saturated heterocycles. The summed E-state index contributed by atoms with van der Waals surface area (Å²) in [6, 6.07) is -0.791. The second-order valence-corrected chi connectivity index (χ2v) is 5.89. The lowest BCUT2D eigenvalue weighted by molar-refractivity contribution is -0.152. The third-order valence-electron chi connectivity index (χ3n) is 4.03. The topological polar surface area (TPSA) is 58.6 Å². The molecule has 1 N–H and O–H groups in total. The fourth-order valence-corrected chi connectivity index (χ4v) is 2.72. The molecule has 2 fully saturated rings. The molecule has 5 heteroatoms. The predicted molar refractivity (Wildman–Crippen MR) is 71.5 cm³/mol. The van der Waals surface area contributed by atoms with E-state index in [0.29, 0.717) is 6.54 Å². The largest absolute Gasteiger partial charge is 0.376 e. The molecule has 0 aromatic carbocycles. The Labute approximate surface area is 114 Å². The second-order valence-electron chi connectivity index (χ2n) is 5.89. The summed E-state index contributed by atoms with van der Waals surface area (Å²) in [5.74, 6) is 0.0732. The summed E-state index contributed by atoms with van der Waals surface area (Å²) in [6.45, 7) is 6.99. The van der Waals surface area contributed by atoms with Gasteiger partial charge in [0.15, 0.2) is 0 Å². The molecule has 2 heterocycles. The minimum atomic E-state index is -0.396. The zero-order valence-electron chi connectivity index (χ0n) is 12.0. The van der Waals surface area contributed by atoms with Crippen LogP contribution in [-0.4, -0.2) is 48.1 Å². The molecule has 0 aromatic heterocycles. The zero-order chi connectivity index (χ0) is 14.0. The molecule has 2 aliphatic heterocycles. The maximum absolute atomic E-state index is 12.5. The van der Waals surface area contributed by atoms with Crippen LogP contribution in [0.25, 0.3) is 0 Å². The highest BCUT2D eigenvalue weighted by Gasteiger charge is 2.40. The van der Waals surface area contributed by atoms with Gasteiger partial charge in [-0.25, -0.2) is 0 Å². The van der Waals surface area contributed by atoms with Crippen molar-refractivity contribution in [3.63, 3.8) is 0 Å². The molecule has 0 saturated carbocycles. The average molecular weight is 268 g/mol. The molecule has 0 radical (unpaired) electrons. The Morgan fingerprint density at radius 2 is 2.11 bits per heavy atom. The minimum Gasteiger partial charge on any atom is -0.376 e. The van der Waals surface area contributed by atoms with Gasteiger partial charge in [-0.2, -0.15) is 0 Å². The standard InChI is InChI=1S/C14H24N2O3/c1-9(2)12-14(18)16(10(3)13(17)15-12)8-11-6-4-5-7-19-11/h9-12H,4-8H2,1-3H3,(H,15,17). The smallest absolute Gasteiger partial charge is 0.246 e. The maximum Gasteiger partial charge on any atom is 0.246 e. The van der Waals surface area contributed by atoms with Crippen LogP contribution in [0.4, 0.5) is 0 Å². The van der Waals surface area contributed by atoms with E-state index in [1.165, 1.54) is 0 Å². The van der Waals surface area contributed by atoms with Gasteiger partial charge >= 0.3 is 0 Å². The van der Waals surface area contributed by atoms with Gasteiger partial charge in [0.25, 0.3) is 0 Å². The molecule has 3 atom stereocenters. The number of rotatable bonds is 3. The lowest BCUT2D eigenvalue weighted by Crippen LogP contribution is -2.65. The molecule has 2 rings (SSSR count). The van der Waals surface area contributed by atoms with E-state index in [-0.39, 0.29) is 23.8 Å². The van der Waals surface area contributed by atoms with E-state index in [2.05, 4.69) is 5.32 Å². The summed E-state index contributed by atoms with van der Waals surface area (Å²) in [7, 11) is 0. The highest BCUT2D eigenvalue weighted by molar-refractivity contribution is 5.96. The molecular formula is C14H24N2O3. The molecular weight excluding hydrogens is 244 g/mol. The second kappa shape index (κ2) is 5.90. The molecule has 0 spiro atoms. The fraction of sp³-hybridized carbons (Fsp3) is 0.857. The van der Waals surface area contributed by atoms with Crippen LogP contribution in [0.5, 0.6) is 0 Å². The normalized spacial score (nSPS) is 32.6. The number of hydrogen-bond acceptors (Lipinski definition) is 3. The number of nitrogens with one attached hydrogen (secondary N) is 1. The van der Waals surface area contributed by atoms with E-state index in [1.807, 2.05) is 13.8 Å². The Morgan fingerprint density at radius 3 is 2.68 bits per heavy atom. The van der Waals surface area contributed by atoms with Gasteiger partial charge in [-0.3, -0.25) is 9.59 Å². The van der Waals surface area contributed by atoms with Gasteiger partial charge in [-0.15, -0.1) is 0 Å². The van der Waals surface area contributed by atoms with Gasteiger partial charge < -0.3 is 15.0 Å². The van der Waals surface area contributed by atoms with Crippen molar-refractivity contribution in [1.29, 1.82) is 0 Å². The Hall–Kier alpha value is -1.10. The third kappa shape index (κ3) is 3.08. The number of nitrogens with zero attached hydrogens (tertiary/aromatic N) is 1. The quantitative estimate of drug-likeness (QED) is 0.828. The summed E-state index contributed by atoms with van der Waals surface area (Å²) in [5.41, 5.74) is 0.